The molecule has 5 nitrogen and oxygen atoms in total. The van der Waals surface area contributed by atoms with E-state index in [2.05, 4.69) is 230 Å². The molecule has 0 amide bonds. The van der Waals surface area contributed by atoms with Crippen molar-refractivity contribution in [3.05, 3.63) is 227 Å². The summed E-state index contributed by atoms with van der Waals surface area (Å²) >= 11 is 0. The molecule has 2 N–H and O–H groups in total. The van der Waals surface area contributed by atoms with E-state index < -0.39 is 0 Å². The normalized spacial score (nSPS) is 12.2. The number of benzene rings is 5. The number of ether oxygens (including phenoxy) is 1. The van der Waals surface area contributed by atoms with Crippen molar-refractivity contribution in [2.24, 2.45) is 17.8 Å². The minimum Gasteiger partial charge on any atom is -0.497 e. The van der Waals surface area contributed by atoms with Crippen molar-refractivity contribution in [1.29, 1.82) is 0 Å². The van der Waals surface area contributed by atoms with Crippen molar-refractivity contribution < 1.29 is 4.74 Å². The third-order valence-corrected chi connectivity index (χ3v) is 11.8. The number of aryl methyl sites for hydroxylation is 3. The molecule has 3 unspecified atom stereocenters. The maximum absolute atomic E-state index is 5.30. The fraction of sp³-hybridized carbons (Fsp3) is 0.302. The molecule has 0 radical (unpaired) electrons. The Morgan fingerprint density at radius 1 is 0.603 bits per heavy atom. The van der Waals surface area contributed by atoms with Gasteiger partial charge in [0.2, 0.25) is 0 Å². The van der Waals surface area contributed by atoms with Gasteiger partial charge in [-0.05, 0) is 121 Å². The Morgan fingerprint density at radius 2 is 1.09 bits per heavy atom. The Kier molecular flexibility index (Phi) is 22.6. The van der Waals surface area contributed by atoms with Crippen LogP contribution in [0.4, 0.5) is 5.69 Å². The van der Waals surface area contributed by atoms with Gasteiger partial charge in [-0.3, -0.25) is 9.97 Å². The molecule has 0 saturated heterocycles. The summed E-state index contributed by atoms with van der Waals surface area (Å²) in [5.41, 5.74) is 15.1. The molecule has 0 aliphatic carbocycles. The van der Waals surface area contributed by atoms with Crippen molar-refractivity contribution in [2.45, 2.75) is 101 Å². The van der Waals surface area contributed by atoms with Gasteiger partial charge >= 0.3 is 0 Å². The van der Waals surface area contributed by atoms with Gasteiger partial charge in [0, 0.05) is 22.5 Å². The molecular weight excluding hydrogens is 829 g/mol. The van der Waals surface area contributed by atoms with Gasteiger partial charge in [-0.25, -0.2) is 0 Å². The average molecular weight is 907 g/mol. The van der Waals surface area contributed by atoms with Crippen LogP contribution < -0.4 is 15.4 Å². The lowest BCUT2D eigenvalue weighted by atomic mass is 9.91. The highest BCUT2D eigenvalue weighted by Gasteiger charge is 2.22. The van der Waals surface area contributed by atoms with Crippen LogP contribution in [0, 0.1) is 24.7 Å². The van der Waals surface area contributed by atoms with Crippen LogP contribution in [0.1, 0.15) is 121 Å². The number of methoxy groups -OCH3 is 1. The van der Waals surface area contributed by atoms with Crippen LogP contribution in [0.3, 0.4) is 0 Å². The van der Waals surface area contributed by atoms with Gasteiger partial charge in [0.1, 0.15) is 5.75 Å². The van der Waals surface area contributed by atoms with Crippen LogP contribution in [0.2, 0.25) is 0 Å². The van der Waals surface area contributed by atoms with Gasteiger partial charge in [0.05, 0.1) is 42.0 Å². The molecule has 7 rings (SSSR count). The number of anilines is 1. The van der Waals surface area contributed by atoms with Gasteiger partial charge in [-0.1, -0.05) is 190 Å². The zero-order chi connectivity index (χ0) is 49.4. The Balaban J connectivity index is 0.000000271. The highest BCUT2D eigenvalue weighted by atomic mass is 16.5. The van der Waals surface area contributed by atoms with E-state index in [9.17, 15) is 0 Å². The second-order valence-corrected chi connectivity index (χ2v) is 17.4. The number of allylic oxidation sites excluding steroid dienone is 3. The summed E-state index contributed by atoms with van der Waals surface area (Å²) in [5.74, 6) is 2.32. The highest BCUT2D eigenvalue weighted by molar-refractivity contribution is 5.64. The summed E-state index contributed by atoms with van der Waals surface area (Å²) in [5, 5.41) is 7.76. The molecular formula is C63H78N4O. The molecule has 5 heteroatoms. The Hall–Kier alpha value is -6.72. The fourth-order valence-corrected chi connectivity index (χ4v) is 7.89. The zero-order valence-corrected chi connectivity index (χ0v) is 43.1. The molecule has 5 aromatic carbocycles. The van der Waals surface area contributed by atoms with Crippen molar-refractivity contribution in [3.63, 3.8) is 0 Å². The number of hydrogen-bond acceptors (Lipinski definition) is 5. The van der Waals surface area contributed by atoms with Gasteiger partial charge in [0.25, 0.3) is 0 Å². The summed E-state index contributed by atoms with van der Waals surface area (Å²) < 4.78 is 5.30. The highest BCUT2D eigenvalue weighted by Crippen LogP contribution is 2.33. The minimum absolute atomic E-state index is 0.00336. The van der Waals surface area contributed by atoms with Crippen LogP contribution in [0.5, 0.6) is 5.75 Å². The van der Waals surface area contributed by atoms with E-state index in [-0.39, 0.29) is 12.1 Å². The SMILES string of the molecule is C=CC.CC.CCc1cccc(CC)c1NC(c1ccccc1)c1cccc(-c2ccc(OC)cc2)n1.Cc1ccccc1-c1cccc(C(N/C(=C\C(C)C)C(C)C(C)C)c2ccccc2)n1. The maximum Gasteiger partial charge on any atom is 0.118 e. The Morgan fingerprint density at radius 3 is 1.60 bits per heavy atom. The predicted octanol–water partition coefficient (Wildman–Crippen LogP) is 16.9. The minimum atomic E-state index is -0.0487. The maximum atomic E-state index is 5.30. The number of nitrogens with zero attached hydrogens (tertiary/aromatic N) is 2. The van der Waals surface area contributed by atoms with Crippen molar-refractivity contribution in [2.75, 3.05) is 12.4 Å². The van der Waals surface area contributed by atoms with Crippen LogP contribution >= 0.6 is 0 Å². The molecule has 0 spiro atoms. The van der Waals surface area contributed by atoms with E-state index in [0.29, 0.717) is 17.8 Å². The number of aromatic nitrogens is 2. The summed E-state index contributed by atoms with van der Waals surface area (Å²) in [6, 6.07) is 56.9. The average Bonchev–Trinajstić information content (AvgIpc) is 3.38. The molecule has 0 fully saturated rings. The number of nitrogens with one attached hydrogen (secondary N) is 2. The number of pyridine rings is 2. The Bertz CT molecular complexity index is 2540. The largest absolute Gasteiger partial charge is 0.497 e. The lowest BCUT2D eigenvalue weighted by Crippen LogP contribution is -2.28. The van der Waals surface area contributed by atoms with Crippen molar-refractivity contribution in [1.82, 2.24) is 15.3 Å². The lowest BCUT2D eigenvalue weighted by Gasteiger charge is -2.28. The van der Waals surface area contributed by atoms with Gasteiger partial charge in [-0.15, -0.1) is 6.58 Å². The number of rotatable bonds is 16. The van der Waals surface area contributed by atoms with E-state index in [0.717, 1.165) is 46.9 Å². The molecule has 0 bridgehead atoms. The molecule has 0 saturated carbocycles. The first-order valence-corrected chi connectivity index (χ1v) is 24.7. The third-order valence-electron chi connectivity index (χ3n) is 11.8. The lowest BCUT2D eigenvalue weighted by molar-refractivity contribution is 0.415. The van der Waals surface area contributed by atoms with E-state index in [1.165, 1.54) is 44.8 Å². The second kappa shape index (κ2) is 28.5. The number of hydrogen-bond donors (Lipinski definition) is 2. The van der Waals surface area contributed by atoms with Gasteiger partial charge in [-0.2, -0.15) is 0 Å². The van der Waals surface area contributed by atoms with E-state index in [4.69, 9.17) is 14.7 Å². The first-order valence-electron chi connectivity index (χ1n) is 24.7. The summed E-state index contributed by atoms with van der Waals surface area (Å²) in [4.78, 5) is 10.2. The second-order valence-electron chi connectivity index (χ2n) is 17.4. The summed E-state index contributed by atoms with van der Waals surface area (Å²) in [6.07, 6.45) is 6.08. The summed E-state index contributed by atoms with van der Waals surface area (Å²) in [6.45, 7) is 27.2. The Labute approximate surface area is 410 Å². The fourth-order valence-electron chi connectivity index (χ4n) is 7.89. The van der Waals surface area contributed by atoms with Crippen molar-refractivity contribution in [3.8, 4) is 28.3 Å². The topological polar surface area (TPSA) is 59.1 Å². The van der Waals surface area contributed by atoms with E-state index in [1.54, 1.807) is 13.2 Å². The zero-order valence-electron chi connectivity index (χ0n) is 43.1. The number of para-hydroxylation sites is 1. The molecule has 3 atom stereocenters. The van der Waals surface area contributed by atoms with Gasteiger partial charge < -0.3 is 15.4 Å². The van der Waals surface area contributed by atoms with Crippen LogP contribution in [-0.4, -0.2) is 17.1 Å². The molecule has 356 valence electrons. The van der Waals surface area contributed by atoms with E-state index >= 15 is 0 Å². The molecule has 2 aromatic heterocycles. The smallest absolute Gasteiger partial charge is 0.118 e. The first kappa shape index (κ1) is 53.9. The van der Waals surface area contributed by atoms with Gasteiger partial charge in [0.15, 0.2) is 0 Å². The van der Waals surface area contributed by atoms with Crippen LogP contribution in [0.15, 0.2) is 188 Å². The molecule has 68 heavy (non-hydrogen) atoms. The first-order chi connectivity index (χ1) is 33.0. The predicted molar refractivity (Wildman–Crippen MR) is 293 cm³/mol. The molecule has 0 aliphatic heterocycles. The summed E-state index contributed by atoms with van der Waals surface area (Å²) in [7, 11) is 1.68. The van der Waals surface area contributed by atoms with E-state index in [1.807, 2.05) is 32.9 Å². The quantitative estimate of drug-likeness (QED) is 0.0946. The third kappa shape index (κ3) is 15.4. The standard InChI is InChI=1S/C29H30N2O.C29H36N2.C3H6.C2H6/c1-4-21-13-9-14-22(5-2)28(21)31-29(24-11-7-6-8-12-24)27-16-10-15-26(30-27)23-17-19-25(32-3)20-18-23;1-20(2)19-28(23(6)21(3)4)31-29(24-14-8-7-9-15-24)27-18-12-17-26(30-27)25-16-11-10-13-22(25)5;1-3-2;1-2/h6-20,29,31H,4-5H2,1-3H3;7-21,23,29,31H,1-6H3;3H,1H2,2H3;1-2H3/b;28-19-;;. The molecule has 0 aliphatic rings. The van der Waals surface area contributed by atoms with Crippen molar-refractivity contribution >= 4 is 5.69 Å². The molecule has 7 aromatic rings. The molecule has 2 heterocycles. The monoisotopic (exact) mass is 907 g/mol. The van der Waals surface area contributed by atoms with Crippen LogP contribution in [0.25, 0.3) is 22.5 Å². The van der Waals surface area contributed by atoms with Crippen LogP contribution in [-0.2, 0) is 12.8 Å².